The largest absolute Gasteiger partial charge is 0.398 e. The van der Waals surface area contributed by atoms with Crippen molar-refractivity contribution in [2.24, 2.45) is 0 Å². The second-order valence-corrected chi connectivity index (χ2v) is 6.08. The summed E-state index contributed by atoms with van der Waals surface area (Å²) in [5.41, 5.74) is 9.95. The van der Waals surface area contributed by atoms with E-state index < -0.39 is 0 Å². The van der Waals surface area contributed by atoms with E-state index in [1.165, 1.54) is 36.9 Å². The summed E-state index contributed by atoms with van der Waals surface area (Å²) in [6, 6.07) is 6.66. The first-order chi connectivity index (χ1) is 9.24. The summed E-state index contributed by atoms with van der Waals surface area (Å²) in [6.07, 6.45) is 5.36. The maximum absolute atomic E-state index is 6.19. The highest BCUT2D eigenvalue weighted by atomic mass is 15.2. The van der Waals surface area contributed by atoms with Crippen LogP contribution in [0.2, 0.25) is 0 Å². The summed E-state index contributed by atoms with van der Waals surface area (Å²) in [5.74, 6) is 0.701. The van der Waals surface area contributed by atoms with E-state index in [9.17, 15) is 0 Å². The van der Waals surface area contributed by atoms with Gasteiger partial charge in [0.2, 0.25) is 0 Å². The van der Waals surface area contributed by atoms with Crippen LogP contribution in [0.4, 0.5) is 11.4 Å². The summed E-state index contributed by atoms with van der Waals surface area (Å²) in [5, 5.41) is 0. The van der Waals surface area contributed by atoms with Gasteiger partial charge < -0.3 is 15.5 Å². The van der Waals surface area contributed by atoms with Crippen molar-refractivity contribution in [1.29, 1.82) is 0 Å². The molecular formula is C16H25N3. The Labute approximate surface area is 116 Å². The fraction of sp³-hybridized carbons (Fsp3) is 0.625. The van der Waals surface area contributed by atoms with Gasteiger partial charge in [0, 0.05) is 37.6 Å². The quantitative estimate of drug-likeness (QED) is 0.829. The zero-order valence-corrected chi connectivity index (χ0v) is 11.9. The number of nitrogens with zero attached hydrogens (tertiary/aromatic N) is 2. The van der Waals surface area contributed by atoms with E-state index in [-0.39, 0.29) is 0 Å². The number of piperazine rings is 1. The molecule has 1 aromatic carbocycles. The van der Waals surface area contributed by atoms with Crippen molar-refractivity contribution in [3.8, 4) is 0 Å². The van der Waals surface area contributed by atoms with E-state index in [0.29, 0.717) is 5.92 Å². The van der Waals surface area contributed by atoms with Gasteiger partial charge in [0.15, 0.2) is 0 Å². The van der Waals surface area contributed by atoms with Crippen LogP contribution in [0, 0.1) is 0 Å². The van der Waals surface area contributed by atoms with Crippen molar-refractivity contribution < 1.29 is 0 Å². The lowest BCUT2D eigenvalue weighted by Gasteiger charge is -2.34. The summed E-state index contributed by atoms with van der Waals surface area (Å²) >= 11 is 0. The monoisotopic (exact) mass is 259 g/mol. The normalized spacial score (nSPS) is 22.1. The molecule has 2 N–H and O–H groups in total. The molecule has 0 unspecified atom stereocenters. The smallest absolute Gasteiger partial charge is 0.0371 e. The molecule has 104 valence electrons. The Morgan fingerprint density at radius 1 is 1.05 bits per heavy atom. The van der Waals surface area contributed by atoms with E-state index in [2.05, 4.69) is 35.0 Å². The number of anilines is 2. The van der Waals surface area contributed by atoms with Crippen LogP contribution in [0.1, 0.15) is 37.2 Å². The predicted octanol–water partition coefficient (Wildman–Crippen LogP) is 2.68. The highest BCUT2D eigenvalue weighted by Crippen LogP contribution is 2.38. The SMILES string of the molecule is CN1CCN(c2ccc(N)c(C3CCCC3)c2)CC1. The second-order valence-electron chi connectivity index (χ2n) is 6.08. The molecule has 19 heavy (non-hydrogen) atoms. The number of nitrogens with two attached hydrogens (primary N) is 1. The van der Waals surface area contributed by atoms with Gasteiger partial charge in [-0.3, -0.25) is 0 Å². The molecule has 1 aliphatic heterocycles. The van der Waals surface area contributed by atoms with Gasteiger partial charge in [-0.15, -0.1) is 0 Å². The highest BCUT2D eigenvalue weighted by Gasteiger charge is 2.21. The van der Waals surface area contributed by atoms with Crippen molar-refractivity contribution in [3.05, 3.63) is 23.8 Å². The first-order valence-electron chi connectivity index (χ1n) is 7.57. The lowest BCUT2D eigenvalue weighted by atomic mass is 9.95. The van der Waals surface area contributed by atoms with Crippen LogP contribution in [0.25, 0.3) is 0 Å². The van der Waals surface area contributed by atoms with Crippen LogP contribution in [-0.2, 0) is 0 Å². The zero-order valence-electron chi connectivity index (χ0n) is 11.9. The lowest BCUT2D eigenvalue weighted by Crippen LogP contribution is -2.44. The number of hydrogen-bond acceptors (Lipinski definition) is 3. The molecule has 1 saturated heterocycles. The maximum atomic E-state index is 6.19. The molecule has 0 spiro atoms. The summed E-state index contributed by atoms with van der Waals surface area (Å²) < 4.78 is 0. The predicted molar refractivity (Wildman–Crippen MR) is 81.8 cm³/mol. The van der Waals surface area contributed by atoms with Crippen LogP contribution in [0.15, 0.2) is 18.2 Å². The first kappa shape index (κ1) is 12.8. The number of benzene rings is 1. The number of rotatable bonds is 2. The van der Waals surface area contributed by atoms with Crippen molar-refractivity contribution >= 4 is 11.4 Å². The molecule has 1 heterocycles. The summed E-state index contributed by atoms with van der Waals surface area (Å²) in [4.78, 5) is 4.89. The fourth-order valence-electron chi connectivity index (χ4n) is 3.41. The molecule has 0 aromatic heterocycles. The molecule has 0 radical (unpaired) electrons. The second kappa shape index (κ2) is 5.41. The van der Waals surface area contributed by atoms with E-state index in [4.69, 9.17) is 5.73 Å². The Hall–Kier alpha value is -1.22. The maximum Gasteiger partial charge on any atom is 0.0371 e. The minimum Gasteiger partial charge on any atom is -0.398 e. The number of likely N-dealkylation sites (N-methyl/N-ethyl adjacent to an activating group) is 1. The Kier molecular flexibility index (Phi) is 3.65. The van der Waals surface area contributed by atoms with Gasteiger partial charge in [-0.05, 0) is 49.6 Å². The lowest BCUT2D eigenvalue weighted by molar-refractivity contribution is 0.313. The van der Waals surface area contributed by atoms with Crippen LogP contribution >= 0.6 is 0 Å². The minimum atomic E-state index is 0.701. The standard InChI is InChI=1S/C16H25N3/c1-18-8-10-19(11-9-18)14-6-7-16(17)15(12-14)13-4-2-3-5-13/h6-7,12-13H,2-5,8-11,17H2,1H3. The van der Waals surface area contributed by atoms with Crippen LogP contribution < -0.4 is 10.6 Å². The Morgan fingerprint density at radius 3 is 2.42 bits per heavy atom. The third kappa shape index (κ3) is 2.71. The Bertz CT molecular complexity index is 430. The van der Waals surface area contributed by atoms with Gasteiger partial charge >= 0.3 is 0 Å². The fourth-order valence-corrected chi connectivity index (χ4v) is 3.41. The molecule has 2 fully saturated rings. The molecule has 1 aliphatic carbocycles. The van der Waals surface area contributed by atoms with Crippen molar-refractivity contribution in [3.63, 3.8) is 0 Å². The van der Waals surface area contributed by atoms with Crippen LogP contribution in [-0.4, -0.2) is 38.1 Å². The molecule has 0 amide bonds. The van der Waals surface area contributed by atoms with Crippen molar-refractivity contribution in [1.82, 2.24) is 4.90 Å². The molecule has 1 aromatic rings. The topological polar surface area (TPSA) is 32.5 Å². The third-order valence-electron chi connectivity index (χ3n) is 4.73. The molecular weight excluding hydrogens is 234 g/mol. The molecule has 0 atom stereocenters. The number of hydrogen-bond donors (Lipinski definition) is 1. The van der Waals surface area contributed by atoms with Gasteiger partial charge in [0.1, 0.15) is 0 Å². The van der Waals surface area contributed by atoms with Gasteiger partial charge in [-0.25, -0.2) is 0 Å². The molecule has 3 heteroatoms. The van der Waals surface area contributed by atoms with Crippen LogP contribution in [0.5, 0.6) is 0 Å². The molecule has 0 bridgehead atoms. The van der Waals surface area contributed by atoms with E-state index in [0.717, 1.165) is 31.9 Å². The highest BCUT2D eigenvalue weighted by molar-refractivity contribution is 5.60. The average Bonchev–Trinajstić information content (AvgIpc) is 2.94. The molecule has 2 aliphatic rings. The van der Waals surface area contributed by atoms with Crippen molar-refractivity contribution in [2.75, 3.05) is 43.9 Å². The first-order valence-corrected chi connectivity index (χ1v) is 7.57. The minimum absolute atomic E-state index is 0.701. The summed E-state index contributed by atoms with van der Waals surface area (Å²) in [6.45, 7) is 4.57. The van der Waals surface area contributed by atoms with Crippen molar-refractivity contribution in [2.45, 2.75) is 31.6 Å². The molecule has 1 saturated carbocycles. The zero-order chi connectivity index (χ0) is 13.2. The van der Waals surface area contributed by atoms with Gasteiger partial charge in [0.25, 0.3) is 0 Å². The summed E-state index contributed by atoms with van der Waals surface area (Å²) in [7, 11) is 2.20. The average molecular weight is 259 g/mol. The van der Waals surface area contributed by atoms with Gasteiger partial charge in [-0.1, -0.05) is 12.8 Å². The van der Waals surface area contributed by atoms with E-state index >= 15 is 0 Å². The van der Waals surface area contributed by atoms with Gasteiger partial charge in [0.05, 0.1) is 0 Å². The number of nitrogen functional groups attached to an aromatic ring is 1. The third-order valence-corrected chi connectivity index (χ3v) is 4.73. The van der Waals surface area contributed by atoms with E-state index in [1.807, 2.05) is 0 Å². The van der Waals surface area contributed by atoms with Crippen LogP contribution in [0.3, 0.4) is 0 Å². The Balaban J connectivity index is 1.80. The van der Waals surface area contributed by atoms with E-state index in [1.54, 1.807) is 0 Å². The molecule has 3 rings (SSSR count). The van der Waals surface area contributed by atoms with Gasteiger partial charge in [-0.2, -0.15) is 0 Å². The molecule has 3 nitrogen and oxygen atoms in total. The Morgan fingerprint density at radius 2 is 1.74 bits per heavy atom.